The molecular weight excluding hydrogens is 618 g/mol. The Balaban J connectivity index is 1.44. The van der Waals surface area contributed by atoms with Crippen LogP contribution in [0.2, 0.25) is 0 Å². The van der Waals surface area contributed by atoms with Crippen molar-refractivity contribution in [3.05, 3.63) is 135 Å². The number of benzene rings is 4. The highest BCUT2D eigenvalue weighted by molar-refractivity contribution is 9.10. The van der Waals surface area contributed by atoms with E-state index in [0.717, 1.165) is 26.5 Å². The summed E-state index contributed by atoms with van der Waals surface area (Å²) >= 11 is 3.51. The van der Waals surface area contributed by atoms with Crippen molar-refractivity contribution in [2.75, 3.05) is 6.61 Å². The number of hydrogen-bond donors (Lipinski definition) is 0. The van der Waals surface area contributed by atoms with Gasteiger partial charge in [-0.1, -0.05) is 64.0 Å². The summed E-state index contributed by atoms with van der Waals surface area (Å²) in [5.41, 5.74) is 4.79. The van der Waals surface area contributed by atoms with Crippen LogP contribution in [0.4, 0.5) is 0 Å². The average Bonchev–Trinajstić information content (AvgIpc) is 3.43. The lowest BCUT2D eigenvalue weighted by Gasteiger charge is -2.17. The minimum Gasteiger partial charge on any atom is -0.490 e. The van der Waals surface area contributed by atoms with Crippen LogP contribution in [0.25, 0.3) is 33.5 Å². The van der Waals surface area contributed by atoms with E-state index in [1.54, 1.807) is 18.3 Å². The Kier molecular flexibility index (Phi) is 8.43. The van der Waals surface area contributed by atoms with E-state index in [9.17, 15) is 4.79 Å². The second-order valence-electron chi connectivity index (χ2n) is 10.3. The molecule has 0 aliphatic rings. The van der Waals surface area contributed by atoms with E-state index in [1.165, 1.54) is 10.2 Å². The van der Waals surface area contributed by atoms with Crippen LogP contribution in [0.1, 0.15) is 29.2 Å². The molecule has 6 rings (SSSR count). The van der Waals surface area contributed by atoms with Gasteiger partial charge in [0.2, 0.25) is 5.82 Å². The molecule has 0 unspecified atom stereocenters. The fraction of sp³-hybridized carbons (Fsp3) is 0.139. The summed E-state index contributed by atoms with van der Waals surface area (Å²) in [6, 6.07) is 26.8. The highest BCUT2D eigenvalue weighted by Crippen LogP contribution is 2.35. The lowest BCUT2D eigenvalue weighted by molar-refractivity contribution is 0.267. The second-order valence-corrected chi connectivity index (χ2v) is 11.2. The molecule has 0 radical (unpaired) electrons. The molecule has 220 valence electrons. The first-order valence-corrected chi connectivity index (χ1v) is 15.1. The van der Waals surface area contributed by atoms with Crippen LogP contribution in [0.15, 0.2) is 116 Å². The van der Waals surface area contributed by atoms with Crippen LogP contribution in [-0.4, -0.2) is 22.5 Å². The number of fused-ring (bicyclic) bond motifs is 2. The van der Waals surface area contributed by atoms with E-state index < -0.39 is 0 Å². The van der Waals surface area contributed by atoms with Crippen molar-refractivity contribution in [2.24, 2.45) is 5.10 Å². The number of nitrogens with zero attached hydrogens (tertiary/aromatic N) is 3. The molecule has 0 amide bonds. The van der Waals surface area contributed by atoms with Crippen molar-refractivity contribution in [3.63, 3.8) is 0 Å². The molecule has 0 fully saturated rings. The molecule has 0 aliphatic heterocycles. The number of aryl methyl sites for hydroxylation is 1. The normalized spacial score (nSPS) is 11.4. The van der Waals surface area contributed by atoms with E-state index >= 15 is 0 Å². The van der Waals surface area contributed by atoms with Gasteiger partial charge in [0.15, 0.2) is 17.3 Å². The van der Waals surface area contributed by atoms with Crippen molar-refractivity contribution in [2.45, 2.75) is 26.9 Å². The van der Waals surface area contributed by atoms with Gasteiger partial charge in [0.1, 0.15) is 12.2 Å². The Morgan fingerprint density at radius 3 is 2.70 bits per heavy atom. The van der Waals surface area contributed by atoms with Crippen LogP contribution in [0.5, 0.6) is 11.5 Å². The lowest BCUT2D eigenvalue weighted by Crippen LogP contribution is -2.20. The minimum atomic E-state index is -0.307. The topological polar surface area (TPSA) is 78.9 Å². The second kappa shape index (κ2) is 12.7. The molecule has 0 bridgehead atoms. The van der Waals surface area contributed by atoms with E-state index in [2.05, 4.69) is 46.7 Å². The molecular formula is C36H30BrN3O4. The molecule has 0 N–H and O–H groups in total. The smallest absolute Gasteiger partial charge is 0.282 e. The predicted octanol–water partition coefficient (Wildman–Crippen LogP) is 8.47. The van der Waals surface area contributed by atoms with Gasteiger partial charge in [-0.2, -0.15) is 9.78 Å². The Bertz CT molecular complexity index is 2090. The number of ether oxygens (including phenoxy) is 2. The predicted molar refractivity (Wildman–Crippen MR) is 179 cm³/mol. The molecule has 0 saturated carbocycles. The fourth-order valence-corrected chi connectivity index (χ4v) is 5.47. The molecule has 44 heavy (non-hydrogen) atoms. The molecule has 6 aromatic rings. The molecule has 0 saturated heterocycles. The molecule has 4 aromatic carbocycles. The fourth-order valence-electron chi connectivity index (χ4n) is 5.09. The summed E-state index contributed by atoms with van der Waals surface area (Å²) in [6.07, 6.45) is 4.00. The zero-order valence-electron chi connectivity index (χ0n) is 24.4. The first-order chi connectivity index (χ1) is 21.4. The van der Waals surface area contributed by atoms with Gasteiger partial charge in [-0.25, -0.2) is 4.98 Å². The summed E-state index contributed by atoms with van der Waals surface area (Å²) in [5, 5.41) is 5.98. The number of hydrogen-bond acceptors (Lipinski definition) is 6. The van der Waals surface area contributed by atoms with E-state index in [-0.39, 0.29) is 5.56 Å². The Morgan fingerprint density at radius 2 is 1.89 bits per heavy atom. The molecule has 0 spiro atoms. The zero-order chi connectivity index (χ0) is 30.6. The number of furan rings is 1. The van der Waals surface area contributed by atoms with Crippen molar-refractivity contribution < 1.29 is 13.9 Å². The lowest BCUT2D eigenvalue weighted by atomic mass is 10.1. The summed E-state index contributed by atoms with van der Waals surface area (Å²) in [4.78, 5) is 18.5. The van der Waals surface area contributed by atoms with E-state index in [0.29, 0.717) is 59.2 Å². The molecule has 0 atom stereocenters. The van der Waals surface area contributed by atoms with Crippen molar-refractivity contribution in [1.29, 1.82) is 0 Å². The van der Waals surface area contributed by atoms with Crippen LogP contribution < -0.4 is 15.0 Å². The molecule has 2 aromatic heterocycles. The number of para-hydroxylation sites is 1. The number of halogens is 1. The largest absolute Gasteiger partial charge is 0.490 e. The van der Waals surface area contributed by atoms with Crippen molar-refractivity contribution >= 4 is 44.0 Å². The zero-order valence-corrected chi connectivity index (χ0v) is 26.0. The summed E-state index contributed by atoms with van der Waals surface area (Å²) in [7, 11) is 0. The van der Waals surface area contributed by atoms with Gasteiger partial charge in [0.25, 0.3) is 5.56 Å². The maximum absolute atomic E-state index is 13.8. The van der Waals surface area contributed by atoms with Gasteiger partial charge in [-0.05, 0) is 79.9 Å². The van der Waals surface area contributed by atoms with E-state index in [1.807, 2.05) is 73.7 Å². The first-order valence-electron chi connectivity index (χ1n) is 14.3. The monoisotopic (exact) mass is 647 g/mol. The molecule has 0 aliphatic carbocycles. The van der Waals surface area contributed by atoms with Gasteiger partial charge in [-0.15, -0.1) is 6.58 Å². The summed E-state index contributed by atoms with van der Waals surface area (Å²) in [5.74, 6) is 1.98. The van der Waals surface area contributed by atoms with Crippen LogP contribution in [-0.2, 0) is 13.0 Å². The summed E-state index contributed by atoms with van der Waals surface area (Å²) < 4.78 is 20.7. The van der Waals surface area contributed by atoms with Gasteiger partial charge < -0.3 is 13.9 Å². The SMILES string of the molecule is C=CCc1cc(C=Nn2c(-c3cc4cc(Br)ccc4o3)nc3ccccc3c2=O)cc(OCC)c1OCc1cccc(C)c1. The number of aromatic nitrogens is 2. The minimum absolute atomic E-state index is 0.298. The van der Waals surface area contributed by atoms with Crippen LogP contribution in [0, 0.1) is 6.92 Å². The van der Waals surface area contributed by atoms with Gasteiger partial charge in [-0.3, -0.25) is 4.79 Å². The van der Waals surface area contributed by atoms with Crippen molar-refractivity contribution in [3.8, 4) is 23.1 Å². The third kappa shape index (κ3) is 6.07. The standard InChI is InChI=1S/C36H30BrN3O4/c1-4-9-26-17-25(18-32(42-5-2)34(26)43-22-24-11-8-10-23(3)16-24)21-38-40-35(39-30-13-7-6-12-29(30)36(40)41)33-20-27-19-28(37)14-15-31(27)44-33/h4,6-8,10-21H,1,5,9,22H2,2-3H3. The highest BCUT2D eigenvalue weighted by atomic mass is 79.9. The molecule has 8 heteroatoms. The van der Waals surface area contributed by atoms with Gasteiger partial charge in [0, 0.05) is 15.4 Å². The third-order valence-corrected chi connectivity index (χ3v) is 7.55. The molecule has 7 nitrogen and oxygen atoms in total. The van der Waals surface area contributed by atoms with Crippen LogP contribution in [0.3, 0.4) is 0 Å². The van der Waals surface area contributed by atoms with Gasteiger partial charge in [0.05, 0.1) is 23.7 Å². The van der Waals surface area contributed by atoms with Gasteiger partial charge >= 0.3 is 0 Å². The number of allylic oxidation sites excluding steroid dienone is 1. The summed E-state index contributed by atoms with van der Waals surface area (Å²) in [6.45, 7) is 8.77. The van der Waals surface area contributed by atoms with Crippen molar-refractivity contribution in [1.82, 2.24) is 9.66 Å². The Labute approximate surface area is 263 Å². The van der Waals surface area contributed by atoms with E-state index in [4.69, 9.17) is 18.9 Å². The average molecular weight is 649 g/mol. The first kappa shape index (κ1) is 29.1. The third-order valence-electron chi connectivity index (χ3n) is 7.06. The number of rotatable bonds is 10. The highest BCUT2D eigenvalue weighted by Gasteiger charge is 2.18. The quantitative estimate of drug-likeness (QED) is 0.110. The Hall–Kier alpha value is -4.95. The maximum Gasteiger partial charge on any atom is 0.282 e. The maximum atomic E-state index is 13.8. The van der Waals surface area contributed by atoms with Crippen LogP contribution >= 0.6 is 15.9 Å². The Morgan fingerprint density at radius 1 is 1.02 bits per heavy atom. The molecule has 2 heterocycles.